The highest BCUT2D eigenvalue weighted by atomic mass is 32.1. The van der Waals surface area contributed by atoms with Crippen LogP contribution >= 0.6 is 11.3 Å². The van der Waals surface area contributed by atoms with Gasteiger partial charge in [-0.25, -0.2) is 4.99 Å². The Labute approximate surface area is 165 Å². The number of aryl methyl sites for hydroxylation is 2. The predicted octanol–water partition coefficient (Wildman–Crippen LogP) is 5.75. The average molecular weight is 381 g/mol. The molecule has 0 aliphatic heterocycles. The topological polar surface area (TPSA) is 41.5 Å². The fourth-order valence-electron chi connectivity index (χ4n) is 4.17. The second-order valence-corrected chi connectivity index (χ2v) is 8.95. The summed E-state index contributed by atoms with van der Waals surface area (Å²) in [5.41, 5.74) is 4.43. The highest BCUT2D eigenvalue weighted by molar-refractivity contribution is 7.16. The number of benzene rings is 1. The van der Waals surface area contributed by atoms with Crippen LogP contribution in [0.5, 0.6) is 0 Å². The lowest BCUT2D eigenvalue weighted by molar-refractivity contribution is 0.0927. The van der Waals surface area contributed by atoms with Gasteiger partial charge in [0.2, 0.25) is 0 Å². The van der Waals surface area contributed by atoms with Gasteiger partial charge in [-0.3, -0.25) is 4.79 Å². The zero-order chi connectivity index (χ0) is 18.6. The van der Waals surface area contributed by atoms with E-state index in [9.17, 15) is 4.79 Å². The number of aliphatic imine (C=N–C) groups is 1. The van der Waals surface area contributed by atoms with E-state index in [-0.39, 0.29) is 5.91 Å². The lowest BCUT2D eigenvalue weighted by atomic mass is 9.93. The molecule has 0 saturated heterocycles. The molecule has 1 heterocycles. The molecule has 0 bridgehead atoms. The molecule has 0 radical (unpaired) electrons. The molecule has 1 N–H and O–H groups in total. The van der Waals surface area contributed by atoms with E-state index in [1.165, 1.54) is 48.1 Å². The lowest BCUT2D eigenvalue weighted by Gasteiger charge is -2.23. The minimum atomic E-state index is 0.0948. The number of rotatable bonds is 4. The van der Waals surface area contributed by atoms with Gasteiger partial charge < -0.3 is 5.32 Å². The Morgan fingerprint density at radius 2 is 1.81 bits per heavy atom. The van der Waals surface area contributed by atoms with E-state index < -0.39 is 0 Å². The maximum absolute atomic E-state index is 13.1. The molecule has 3 nitrogen and oxygen atoms in total. The number of thiophene rings is 1. The monoisotopic (exact) mass is 380 g/mol. The van der Waals surface area contributed by atoms with Gasteiger partial charge in [0.05, 0.1) is 5.56 Å². The fourth-order valence-corrected chi connectivity index (χ4v) is 5.40. The van der Waals surface area contributed by atoms with Gasteiger partial charge in [-0.2, -0.15) is 0 Å². The molecule has 27 heavy (non-hydrogen) atoms. The first-order chi connectivity index (χ1) is 13.2. The summed E-state index contributed by atoms with van der Waals surface area (Å²) in [7, 11) is 0. The summed E-state index contributed by atoms with van der Waals surface area (Å²) in [6.07, 6.45) is 12.4. The standard InChI is InChI=1S/C23H28N2OS/c1-16-11-13-17(14-12-16)15-24-23-21(19-9-5-6-10-20(19)27-23)22(26)25-18-7-3-2-4-8-18/h11-15,18H,2-10H2,1H3,(H,25,26)/b24-15-. The van der Waals surface area contributed by atoms with Crippen LogP contribution in [-0.4, -0.2) is 18.2 Å². The molecule has 1 saturated carbocycles. The van der Waals surface area contributed by atoms with Gasteiger partial charge in [0.25, 0.3) is 5.91 Å². The van der Waals surface area contributed by atoms with E-state index in [4.69, 9.17) is 4.99 Å². The van der Waals surface area contributed by atoms with Crippen LogP contribution in [0.1, 0.15) is 76.9 Å². The quantitative estimate of drug-likeness (QED) is 0.674. The normalized spacial score (nSPS) is 17.8. The first-order valence-electron chi connectivity index (χ1n) is 10.3. The molecule has 0 atom stereocenters. The predicted molar refractivity (Wildman–Crippen MR) is 114 cm³/mol. The molecule has 1 amide bonds. The third-order valence-electron chi connectivity index (χ3n) is 5.73. The van der Waals surface area contributed by atoms with Crippen molar-refractivity contribution in [3.63, 3.8) is 0 Å². The zero-order valence-corrected chi connectivity index (χ0v) is 16.9. The largest absolute Gasteiger partial charge is 0.349 e. The Kier molecular flexibility index (Phi) is 5.72. The Hall–Kier alpha value is -1.94. The van der Waals surface area contributed by atoms with E-state index in [1.54, 1.807) is 11.3 Å². The average Bonchev–Trinajstić information content (AvgIpc) is 3.07. The molecule has 1 aromatic carbocycles. The van der Waals surface area contributed by atoms with E-state index in [2.05, 4.69) is 36.5 Å². The smallest absolute Gasteiger partial charge is 0.254 e. The van der Waals surface area contributed by atoms with Crippen molar-refractivity contribution in [3.8, 4) is 0 Å². The lowest BCUT2D eigenvalue weighted by Crippen LogP contribution is -2.36. The highest BCUT2D eigenvalue weighted by Crippen LogP contribution is 2.40. The van der Waals surface area contributed by atoms with Crippen LogP contribution in [-0.2, 0) is 12.8 Å². The summed E-state index contributed by atoms with van der Waals surface area (Å²) >= 11 is 1.72. The van der Waals surface area contributed by atoms with Crippen molar-refractivity contribution in [2.45, 2.75) is 70.8 Å². The number of fused-ring (bicyclic) bond motifs is 1. The van der Waals surface area contributed by atoms with E-state index in [1.807, 2.05) is 6.21 Å². The number of nitrogens with zero attached hydrogens (tertiary/aromatic N) is 1. The zero-order valence-electron chi connectivity index (χ0n) is 16.1. The van der Waals surface area contributed by atoms with Crippen LogP contribution in [0.4, 0.5) is 5.00 Å². The minimum absolute atomic E-state index is 0.0948. The number of hydrogen-bond acceptors (Lipinski definition) is 3. The molecule has 2 aromatic rings. The molecule has 0 unspecified atom stereocenters. The molecule has 4 rings (SSSR count). The Morgan fingerprint density at radius 3 is 2.59 bits per heavy atom. The van der Waals surface area contributed by atoms with Crippen LogP contribution in [0.3, 0.4) is 0 Å². The molecular formula is C23H28N2OS. The molecule has 4 heteroatoms. The molecule has 0 spiro atoms. The second-order valence-electron chi connectivity index (χ2n) is 7.87. The summed E-state index contributed by atoms with van der Waals surface area (Å²) in [6.45, 7) is 2.09. The molecule has 2 aliphatic rings. The highest BCUT2D eigenvalue weighted by Gasteiger charge is 2.27. The van der Waals surface area contributed by atoms with E-state index >= 15 is 0 Å². The van der Waals surface area contributed by atoms with Crippen molar-refractivity contribution >= 4 is 28.5 Å². The van der Waals surface area contributed by atoms with Gasteiger partial charge in [0, 0.05) is 17.1 Å². The van der Waals surface area contributed by atoms with Crippen LogP contribution in [0.2, 0.25) is 0 Å². The van der Waals surface area contributed by atoms with Crippen LogP contribution in [0, 0.1) is 6.92 Å². The van der Waals surface area contributed by atoms with Gasteiger partial charge in [0.1, 0.15) is 5.00 Å². The van der Waals surface area contributed by atoms with Gasteiger partial charge in [-0.05, 0) is 56.6 Å². The first-order valence-corrected chi connectivity index (χ1v) is 11.1. The number of carbonyl (C=O) groups is 1. The van der Waals surface area contributed by atoms with Crippen LogP contribution < -0.4 is 5.32 Å². The second kappa shape index (κ2) is 8.39. The van der Waals surface area contributed by atoms with Gasteiger partial charge in [-0.1, -0.05) is 49.1 Å². The SMILES string of the molecule is Cc1ccc(/C=N\c2sc3c(c2C(=O)NC2CCCCC2)CCCC3)cc1. The number of amides is 1. The van der Waals surface area contributed by atoms with Crippen molar-refractivity contribution < 1.29 is 4.79 Å². The molecule has 142 valence electrons. The van der Waals surface area contributed by atoms with Gasteiger partial charge in [0.15, 0.2) is 0 Å². The maximum Gasteiger partial charge on any atom is 0.254 e. The van der Waals surface area contributed by atoms with Crippen LogP contribution in [0.15, 0.2) is 29.3 Å². The van der Waals surface area contributed by atoms with Crippen molar-refractivity contribution in [2.75, 3.05) is 0 Å². The summed E-state index contributed by atoms with van der Waals surface area (Å²) in [4.78, 5) is 19.3. The summed E-state index contributed by atoms with van der Waals surface area (Å²) in [5.74, 6) is 0.0948. The summed E-state index contributed by atoms with van der Waals surface area (Å²) in [6, 6.07) is 8.68. The Morgan fingerprint density at radius 1 is 1.07 bits per heavy atom. The maximum atomic E-state index is 13.1. The number of hydrogen-bond donors (Lipinski definition) is 1. The number of nitrogens with one attached hydrogen (secondary N) is 1. The van der Waals surface area contributed by atoms with Crippen molar-refractivity contribution in [2.24, 2.45) is 4.99 Å². The summed E-state index contributed by atoms with van der Waals surface area (Å²) in [5, 5.41) is 4.20. The Balaban J connectivity index is 1.61. The van der Waals surface area contributed by atoms with Crippen molar-refractivity contribution in [3.05, 3.63) is 51.4 Å². The molecule has 1 aromatic heterocycles. The van der Waals surface area contributed by atoms with E-state index in [0.29, 0.717) is 6.04 Å². The Bertz CT molecular complexity index is 829. The van der Waals surface area contributed by atoms with E-state index in [0.717, 1.165) is 41.8 Å². The molecular weight excluding hydrogens is 352 g/mol. The fraction of sp³-hybridized carbons (Fsp3) is 0.478. The van der Waals surface area contributed by atoms with Gasteiger partial charge in [-0.15, -0.1) is 11.3 Å². The summed E-state index contributed by atoms with van der Waals surface area (Å²) < 4.78 is 0. The molecule has 2 aliphatic carbocycles. The van der Waals surface area contributed by atoms with Gasteiger partial charge >= 0.3 is 0 Å². The molecule has 1 fully saturated rings. The minimum Gasteiger partial charge on any atom is -0.349 e. The first kappa shape index (κ1) is 18.4. The number of carbonyl (C=O) groups excluding carboxylic acids is 1. The third-order valence-corrected chi connectivity index (χ3v) is 6.93. The van der Waals surface area contributed by atoms with Crippen molar-refractivity contribution in [1.82, 2.24) is 5.32 Å². The van der Waals surface area contributed by atoms with Crippen molar-refractivity contribution in [1.29, 1.82) is 0 Å². The van der Waals surface area contributed by atoms with Crippen LogP contribution in [0.25, 0.3) is 0 Å². The third kappa shape index (κ3) is 4.32.